The van der Waals surface area contributed by atoms with Crippen LogP contribution >= 0.6 is 0 Å². The molecule has 0 radical (unpaired) electrons. The molecule has 2 saturated carbocycles. The number of allylic oxidation sites excluding steroid dienone is 1. The lowest BCUT2D eigenvalue weighted by Gasteiger charge is -2.42. The molecule has 2 aliphatic rings. The minimum atomic E-state index is -0.427. The van der Waals surface area contributed by atoms with Crippen molar-refractivity contribution in [1.82, 2.24) is 0 Å². The highest BCUT2D eigenvalue weighted by Gasteiger charge is 2.36. The van der Waals surface area contributed by atoms with Gasteiger partial charge in [-0.15, -0.1) is 6.58 Å². The van der Waals surface area contributed by atoms with Gasteiger partial charge in [-0.05, 0) is 97.4 Å². The van der Waals surface area contributed by atoms with Gasteiger partial charge < -0.3 is 0 Å². The summed E-state index contributed by atoms with van der Waals surface area (Å²) in [5.41, 5.74) is 2.74. The summed E-state index contributed by atoms with van der Waals surface area (Å²) in [6, 6.07) is 10.8. The molecule has 0 saturated heterocycles. The van der Waals surface area contributed by atoms with Crippen molar-refractivity contribution in [1.29, 1.82) is 0 Å². The quantitative estimate of drug-likeness (QED) is 0.362. The zero-order valence-electron chi connectivity index (χ0n) is 19.6. The topological polar surface area (TPSA) is 0 Å². The molecule has 0 bridgehead atoms. The van der Waals surface area contributed by atoms with E-state index in [1.165, 1.54) is 44.9 Å². The third-order valence-electron chi connectivity index (χ3n) is 8.10. The maximum atomic E-state index is 15.1. The van der Waals surface area contributed by atoms with Crippen molar-refractivity contribution >= 4 is 0 Å². The van der Waals surface area contributed by atoms with Crippen molar-refractivity contribution in [3.63, 3.8) is 0 Å². The first kappa shape index (κ1) is 23.2. The van der Waals surface area contributed by atoms with Crippen LogP contribution in [0.25, 0.3) is 11.1 Å². The second-order valence-electron chi connectivity index (χ2n) is 10.2. The Bertz CT molecular complexity index is 875. The molecule has 0 nitrogen and oxygen atoms in total. The third-order valence-corrected chi connectivity index (χ3v) is 8.10. The summed E-state index contributed by atoms with van der Waals surface area (Å²) >= 11 is 0. The molecule has 172 valence electrons. The normalized spacial score (nSPS) is 25.3. The summed E-state index contributed by atoms with van der Waals surface area (Å²) < 4.78 is 30.2. The summed E-state index contributed by atoms with van der Waals surface area (Å²) in [6.07, 6.45) is 15.1. The van der Waals surface area contributed by atoms with E-state index in [9.17, 15) is 0 Å². The van der Waals surface area contributed by atoms with Gasteiger partial charge in [0.1, 0.15) is 11.6 Å². The number of rotatable bonds is 8. The fraction of sp³-hybridized carbons (Fsp3) is 0.533. The largest absolute Gasteiger partial charge is 0.206 e. The van der Waals surface area contributed by atoms with E-state index in [0.717, 1.165) is 54.6 Å². The van der Waals surface area contributed by atoms with Crippen LogP contribution in [0.1, 0.15) is 88.2 Å². The van der Waals surface area contributed by atoms with Gasteiger partial charge in [0, 0.05) is 0 Å². The minimum Gasteiger partial charge on any atom is -0.206 e. The summed E-state index contributed by atoms with van der Waals surface area (Å²) in [5, 5.41) is 0. The average Bonchev–Trinajstić information content (AvgIpc) is 2.81. The van der Waals surface area contributed by atoms with E-state index in [4.69, 9.17) is 0 Å². The fourth-order valence-corrected chi connectivity index (χ4v) is 6.26. The van der Waals surface area contributed by atoms with E-state index in [2.05, 4.69) is 13.5 Å². The molecule has 4 rings (SSSR count). The first-order valence-electron chi connectivity index (χ1n) is 12.8. The van der Waals surface area contributed by atoms with Crippen LogP contribution in [0.15, 0.2) is 49.1 Å². The van der Waals surface area contributed by atoms with E-state index in [-0.39, 0.29) is 5.56 Å². The number of aryl methyl sites for hydroxylation is 1. The second-order valence-corrected chi connectivity index (χ2v) is 10.2. The molecule has 0 heterocycles. The molecule has 4 atom stereocenters. The molecule has 2 aliphatic carbocycles. The first-order valence-corrected chi connectivity index (χ1v) is 12.8. The summed E-state index contributed by atoms with van der Waals surface area (Å²) in [5.74, 6) is 1.91. The van der Waals surface area contributed by atoms with Gasteiger partial charge >= 0.3 is 0 Å². The van der Waals surface area contributed by atoms with Crippen LogP contribution in [0.2, 0.25) is 0 Å². The molecular weight excluding hydrogens is 398 g/mol. The maximum absolute atomic E-state index is 15.1. The van der Waals surface area contributed by atoms with Crippen LogP contribution < -0.4 is 0 Å². The Morgan fingerprint density at radius 1 is 0.938 bits per heavy atom. The number of benzene rings is 2. The van der Waals surface area contributed by atoms with Gasteiger partial charge in [-0.25, -0.2) is 8.78 Å². The van der Waals surface area contributed by atoms with Crippen molar-refractivity contribution in [2.24, 2.45) is 17.8 Å². The molecule has 1 unspecified atom stereocenters. The fourth-order valence-electron chi connectivity index (χ4n) is 6.26. The predicted octanol–water partition coefficient (Wildman–Crippen LogP) is 9.24. The molecule has 2 aromatic carbocycles. The van der Waals surface area contributed by atoms with E-state index in [1.807, 2.05) is 30.3 Å². The predicted molar refractivity (Wildman–Crippen MR) is 131 cm³/mol. The van der Waals surface area contributed by atoms with Gasteiger partial charge in [-0.1, -0.05) is 62.9 Å². The number of hydrogen-bond donors (Lipinski definition) is 0. The number of fused-ring (bicyclic) bond motifs is 1. The van der Waals surface area contributed by atoms with Crippen molar-refractivity contribution < 1.29 is 8.78 Å². The molecule has 0 aromatic heterocycles. The van der Waals surface area contributed by atoms with E-state index in [0.29, 0.717) is 11.5 Å². The van der Waals surface area contributed by atoms with Crippen molar-refractivity contribution in [3.05, 3.63) is 71.8 Å². The van der Waals surface area contributed by atoms with Gasteiger partial charge in [0.15, 0.2) is 0 Å². The SMILES string of the molecule is C=CCCc1ccc(-c2c(F)cc([C@@H]3CC[C@@H]4CC(CCCC)CC[C@@H]4C3)cc2F)cc1. The molecule has 2 aromatic rings. The highest BCUT2D eigenvalue weighted by Crippen LogP contribution is 2.48. The van der Waals surface area contributed by atoms with E-state index < -0.39 is 11.6 Å². The number of halogens is 2. The monoisotopic (exact) mass is 436 g/mol. The smallest absolute Gasteiger partial charge is 0.134 e. The van der Waals surface area contributed by atoms with Crippen molar-refractivity contribution in [2.75, 3.05) is 0 Å². The van der Waals surface area contributed by atoms with Gasteiger partial charge in [-0.3, -0.25) is 0 Å². The van der Waals surface area contributed by atoms with Crippen LogP contribution in [-0.4, -0.2) is 0 Å². The summed E-state index contributed by atoms with van der Waals surface area (Å²) in [4.78, 5) is 0. The highest BCUT2D eigenvalue weighted by atomic mass is 19.1. The molecule has 0 spiro atoms. The average molecular weight is 437 g/mol. The summed E-state index contributed by atoms with van der Waals surface area (Å²) in [7, 11) is 0. The Morgan fingerprint density at radius 3 is 2.31 bits per heavy atom. The van der Waals surface area contributed by atoms with Gasteiger partial charge in [0.25, 0.3) is 0 Å². The molecule has 0 amide bonds. The zero-order valence-corrected chi connectivity index (χ0v) is 19.6. The van der Waals surface area contributed by atoms with Gasteiger partial charge in [0.05, 0.1) is 5.56 Å². The Morgan fingerprint density at radius 2 is 1.62 bits per heavy atom. The molecule has 2 heteroatoms. The Labute approximate surface area is 193 Å². The molecule has 0 aliphatic heterocycles. The Kier molecular flexibility index (Phi) is 7.81. The van der Waals surface area contributed by atoms with Gasteiger partial charge in [-0.2, -0.15) is 0 Å². The van der Waals surface area contributed by atoms with Crippen LogP contribution in [0.4, 0.5) is 8.78 Å². The minimum absolute atomic E-state index is 0.106. The lowest BCUT2D eigenvalue weighted by molar-refractivity contribution is 0.113. The van der Waals surface area contributed by atoms with Gasteiger partial charge in [0.2, 0.25) is 0 Å². The number of hydrogen-bond acceptors (Lipinski definition) is 0. The van der Waals surface area contributed by atoms with Crippen molar-refractivity contribution in [2.45, 2.75) is 83.5 Å². The lowest BCUT2D eigenvalue weighted by atomic mass is 9.63. The van der Waals surface area contributed by atoms with Crippen LogP contribution in [0.3, 0.4) is 0 Å². The van der Waals surface area contributed by atoms with Crippen molar-refractivity contribution in [3.8, 4) is 11.1 Å². The zero-order chi connectivity index (χ0) is 22.5. The standard InChI is InChI=1S/C30H38F2/c1-3-5-7-21-9-12-23(13-10-21)30-28(31)19-27(20-29(30)32)26-16-15-24-17-22(8-6-4-2)11-14-25(24)18-26/h3,9-10,12-13,19-20,22,24-26H,1,4-8,11,14-18H2,2H3/t22?,24-,25-,26-/m1/s1. The Balaban J connectivity index is 1.44. The van der Waals surface area contributed by atoms with Crippen LogP contribution in [0, 0.1) is 29.4 Å². The second kappa shape index (κ2) is 10.8. The molecular formula is C30H38F2. The third kappa shape index (κ3) is 5.33. The highest BCUT2D eigenvalue weighted by molar-refractivity contribution is 5.65. The van der Waals surface area contributed by atoms with E-state index >= 15 is 8.78 Å². The lowest BCUT2D eigenvalue weighted by Crippen LogP contribution is -2.30. The molecule has 2 fully saturated rings. The summed E-state index contributed by atoms with van der Waals surface area (Å²) in [6.45, 7) is 6.03. The van der Waals surface area contributed by atoms with E-state index in [1.54, 1.807) is 12.1 Å². The molecule has 32 heavy (non-hydrogen) atoms. The van der Waals surface area contributed by atoms with Crippen LogP contribution in [-0.2, 0) is 6.42 Å². The first-order chi connectivity index (χ1) is 15.6. The van der Waals surface area contributed by atoms with Crippen LogP contribution in [0.5, 0.6) is 0 Å². The number of unbranched alkanes of at least 4 members (excludes halogenated alkanes) is 1. The molecule has 0 N–H and O–H groups in total. The Hall–Kier alpha value is -1.96. The maximum Gasteiger partial charge on any atom is 0.134 e.